The van der Waals surface area contributed by atoms with Crippen LogP contribution < -0.4 is 14.4 Å². The Morgan fingerprint density at radius 1 is 1.09 bits per heavy atom. The van der Waals surface area contributed by atoms with Crippen LogP contribution in [-0.2, 0) is 11.3 Å². The number of hydrogen-bond donors (Lipinski definition) is 0. The van der Waals surface area contributed by atoms with Gasteiger partial charge in [0, 0.05) is 0 Å². The molecule has 0 saturated heterocycles. The van der Waals surface area contributed by atoms with Gasteiger partial charge in [0.25, 0.3) is 0 Å². The number of carbonyl (C=O) groups is 1. The minimum absolute atomic E-state index is 0.00985. The largest absolute Gasteiger partial charge is 0.493 e. The van der Waals surface area contributed by atoms with Crippen molar-refractivity contribution in [2.75, 3.05) is 18.6 Å². The number of para-hydroxylation sites is 2. The molecule has 0 fully saturated rings. The van der Waals surface area contributed by atoms with Crippen molar-refractivity contribution in [3.05, 3.63) is 82.9 Å². The van der Waals surface area contributed by atoms with E-state index >= 15 is 0 Å². The monoisotopic (exact) mass is 461 g/mol. The van der Waals surface area contributed by atoms with Gasteiger partial charge in [-0.25, -0.2) is 4.98 Å². The Morgan fingerprint density at radius 3 is 2.61 bits per heavy atom. The van der Waals surface area contributed by atoms with Crippen LogP contribution >= 0.6 is 11.6 Å². The Morgan fingerprint density at radius 2 is 1.85 bits per heavy atom. The average molecular weight is 462 g/mol. The molecule has 0 spiro atoms. The lowest BCUT2D eigenvalue weighted by atomic mass is 9.99. The van der Waals surface area contributed by atoms with Crippen molar-refractivity contribution in [2.45, 2.75) is 25.9 Å². The molecule has 1 aromatic heterocycles. The summed E-state index contributed by atoms with van der Waals surface area (Å²) >= 11 is 6.58. The van der Waals surface area contributed by atoms with E-state index in [1.54, 1.807) is 12.0 Å². The molecular formula is C26H24ClN3O3. The van der Waals surface area contributed by atoms with E-state index in [1.807, 2.05) is 73.7 Å². The molecule has 1 aliphatic rings. The number of methoxy groups -OCH3 is 1. The molecule has 5 rings (SSSR count). The first-order chi connectivity index (χ1) is 16.1. The van der Waals surface area contributed by atoms with Gasteiger partial charge in [-0.15, -0.1) is 0 Å². The number of nitrogens with zero attached hydrogens (tertiary/aromatic N) is 3. The van der Waals surface area contributed by atoms with Crippen LogP contribution in [0.2, 0.25) is 5.02 Å². The average Bonchev–Trinajstić information content (AvgIpc) is 3.22. The molecule has 0 N–H and O–H groups in total. The van der Waals surface area contributed by atoms with Crippen molar-refractivity contribution < 1.29 is 14.3 Å². The van der Waals surface area contributed by atoms with Gasteiger partial charge in [-0.1, -0.05) is 54.1 Å². The van der Waals surface area contributed by atoms with Crippen LogP contribution in [0.4, 0.5) is 5.95 Å². The van der Waals surface area contributed by atoms with E-state index in [4.69, 9.17) is 26.1 Å². The fourth-order valence-corrected chi connectivity index (χ4v) is 4.69. The number of rotatable bonds is 6. The standard InChI is InChI=1S/C26H24ClN3O3/c1-3-33-25-19(27)13-18(14-23(25)32-2)22-15-24(31)29(16-17-9-5-4-6-10-17)26-28-20-11-7-8-12-21(20)30(22)26/h4-14,22H,3,15-16H2,1-2H3/t22-/m0/s1. The summed E-state index contributed by atoms with van der Waals surface area (Å²) in [6, 6.07) is 21.4. The lowest BCUT2D eigenvalue weighted by Crippen LogP contribution is -2.39. The minimum atomic E-state index is -0.269. The zero-order chi connectivity index (χ0) is 22.9. The molecule has 1 amide bonds. The fraction of sp³-hybridized carbons (Fsp3) is 0.231. The number of anilines is 1. The topological polar surface area (TPSA) is 56.6 Å². The van der Waals surface area contributed by atoms with Crippen LogP contribution in [0, 0.1) is 0 Å². The third-order valence-corrected chi connectivity index (χ3v) is 6.19. The highest BCUT2D eigenvalue weighted by Crippen LogP contribution is 2.43. The summed E-state index contributed by atoms with van der Waals surface area (Å²) in [4.78, 5) is 20.0. The quantitative estimate of drug-likeness (QED) is 0.373. The van der Waals surface area contributed by atoms with E-state index < -0.39 is 0 Å². The lowest BCUT2D eigenvalue weighted by molar-refractivity contribution is -0.120. The van der Waals surface area contributed by atoms with E-state index in [0.29, 0.717) is 35.6 Å². The lowest BCUT2D eigenvalue weighted by Gasteiger charge is -2.33. The predicted molar refractivity (Wildman–Crippen MR) is 129 cm³/mol. The second-order valence-corrected chi connectivity index (χ2v) is 8.33. The van der Waals surface area contributed by atoms with E-state index in [0.717, 1.165) is 22.2 Å². The maximum Gasteiger partial charge on any atom is 0.232 e. The summed E-state index contributed by atoms with van der Waals surface area (Å²) < 4.78 is 13.4. The van der Waals surface area contributed by atoms with Gasteiger partial charge in [-0.2, -0.15) is 0 Å². The zero-order valence-corrected chi connectivity index (χ0v) is 19.2. The summed E-state index contributed by atoms with van der Waals surface area (Å²) in [6.07, 6.45) is 0.285. The van der Waals surface area contributed by atoms with Gasteiger partial charge in [0.1, 0.15) is 0 Å². The smallest absolute Gasteiger partial charge is 0.232 e. The molecule has 168 valence electrons. The highest BCUT2D eigenvalue weighted by molar-refractivity contribution is 6.32. The summed E-state index contributed by atoms with van der Waals surface area (Å²) in [5.74, 6) is 1.69. The summed E-state index contributed by atoms with van der Waals surface area (Å²) in [6.45, 7) is 2.83. The molecule has 0 saturated carbocycles. The van der Waals surface area contributed by atoms with Crippen LogP contribution in [-0.4, -0.2) is 29.2 Å². The van der Waals surface area contributed by atoms with Crippen molar-refractivity contribution in [3.8, 4) is 11.5 Å². The third-order valence-electron chi connectivity index (χ3n) is 5.91. The first-order valence-electron chi connectivity index (χ1n) is 10.9. The second-order valence-electron chi connectivity index (χ2n) is 7.92. The Labute approximate surface area is 197 Å². The molecular weight excluding hydrogens is 438 g/mol. The molecule has 0 radical (unpaired) electrons. The molecule has 0 bridgehead atoms. The van der Waals surface area contributed by atoms with E-state index in [9.17, 15) is 4.79 Å². The number of carbonyl (C=O) groups excluding carboxylic acids is 1. The summed E-state index contributed by atoms with van der Waals surface area (Å²) in [5.41, 5.74) is 3.73. The van der Waals surface area contributed by atoms with Crippen LogP contribution in [0.15, 0.2) is 66.7 Å². The second kappa shape index (κ2) is 8.79. The molecule has 4 aromatic rings. The number of aromatic nitrogens is 2. The van der Waals surface area contributed by atoms with Crippen LogP contribution in [0.25, 0.3) is 11.0 Å². The Hall–Kier alpha value is -3.51. The number of amides is 1. The van der Waals surface area contributed by atoms with Crippen LogP contribution in [0.5, 0.6) is 11.5 Å². The normalized spacial score (nSPS) is 15.5. The summed E-state index contributed by atoms with van der Waals surface area (Å²) in [7, 11) is 1.59. The Bertz CT molecular complexity index is 1320. The fourth-order valence-electron chi connectivity index (χ4n) is 4.42. The van der Waals surface area contributed by atoms with Gasteiger partial charge in [-0.3, -0.25) is 9.69 Å². The molecule has 7 heteroatoms. The maximum atomic E-state index is 13.4. The molecule has 1 aliphatic heterocycles. The highest BCUT2D eigenvalue weighted by Gasteiger charge is 2.35. The first kappa shape index (κ1) is 21.3. The number of benzene rings is 3. The number of imidazole rings is 1. The van der Waals surface area contributed by atoms with Gasteiger partial charge in [-0.05, 0) is 42.3 Å². The van der Waals surface area contributed by atoms with E-state index in [-0.39, 0.29) is 18.4 Å². The van der Waals surface area contributed by atoms with Crippen molar-refractivity contribution in [2.24, 2.45) is 0 Å². The number of halogens is 1. The van der Waals surface area contributed by atoms with Crippen LogP contribution in [0.3, 0.4) is 0 Å². The van der Waals surface area contributed by atoms with E-state index in [2.05, 4.69) is 4.57 Å². The maximum absolute atomic E-state index is 13.4. The third kappa shape index (κ3) is 3.80. The van der Waals surface area contributed by atoms with Crippen molar-refractivity contribution in [1.82, 2.24) is 9.55 Å². The number of fused-ring (bicyclic) bond motifs is 3. The van der Waals surface area contributed by atoms with Crippen molar-refractivity contribution in [1.29, 1.82) is 0 Å². The zero-order valence-electron chi connectivity index (χ0n) is 18.5. The van der Waals surface area contributed by atoms with Gasteiger partial charge >= 0.3 is 0 Å². The van der Waals surface area contributed by atoms with Gasteiger partial charge in [0.15, 0.2) is 11.5 Å². The molecule has 2 heterocycles. The number of hydrogen-bond acceptors (Lipinski definition) is 4. The van der Waals surface area contributed by atoms with Crippen molar-refractivity contribution in [3.63, 3.8) is 0 Å². The van der Waals surface area contributed by atoms with E-state index in [1.165, 1.54) is 0 Å². The predicted octanol–water partition coefficient (Wildman–Crippen LogP) is 5.62. The molecule has 33 heavy (non-hydrogen) atoms. The molecule has 0 unspecified atom stereocenters. The molecule has 6 nitrogen and oxygen atoms in total. The molecule has 0 aliphatic carbocycles. The van der Waals surface area contributed by atoms with Gasteiger partial charge in [0.2, 0.25) is 11.9 Å². The Balaban J connectivity index is 1.65. The Kier molecular flexibility index (Phi) is 5.68. The molecule has 3 aromatic carbocycles. The van der Waals surface area contributed by atoms with Crippen molar-refractivity contribution >= 4 is 34.5 Å². The van der Waals surface area contributed by atoms with Gasteiger partial charge in [0.05, 0.1) is 48.8 Å². The molecule has 1 atom stereocenters. The van der Waals surface area contributed by atoms with Crippen LogP contribution in [0.1, 0.15) is 30.5 Å². The summed E-state index contributed by atoms with van der Waals surface area (Å²) in [5, 5.41) is 0.455. The van der Waals surface area contributed by atoms with Gasteiger partial charge < -0.3 is 14.0 Å². The first-order valence-corrected chi connectivity index (χ1v) is 11.3. The SMILES string of the molecule is CCOc1c(Cl)cc([C@@H]2CC(=O)N(Cc3ccccc3)c3nc4ccccc4n32)cc1OC. The minimum Gasteiger partial charge on any atom is -0.493 e. The number of ether oxygens (including phenoxy) is 2. The highest BCUT2D eigenvalue weighted by atomic mass is 35.5.